The van der Waals surface area contributed by atoms with E-state index in [2.05, 4.69) is 0 Å². The van der Waals surface area contributed by atoms with Crippen LogP contribution in [0.1, 0.15) is 5.56 Å². The predicted octanol–water partition coefficient (Wildman–Crippen LogP) is 2.13. The third-order valence-corrected chi connectivity index (χ3v) is 3.98. The van der Waals surface area contributed by atoms with Crippen molar-refractivity contribution in [2.75, 3.05) is 7.05 Å². The normalized spacial score (nSPS) is 17.3. The van der Waals surface area contributed by atoms with Crippen LogP contribution in [0.15, 0.2) is 23.1 Å². The van der Waals surface area contributed by atoms with Gasteiger partial charge in [0.25, 0.3) is 11.6 Å². The average Bonchev–Trinajstić information content (AvgIpc) is 2.59. The highest BCUT2D eigenvalue weighted by Gasteiger charge is 2.29. The first-order valence-corrected chi connectivity index (χ1v) is 6.31. The van der Waals surface area contributed by atoms with Crippen LogP contribution in [0.5, 0.6) is 5.75 Å². The monoisotopic (exact) mass is 296 g/mol. The Labute approximate surface area is 117 Å². The van der Waals surface area contributed by atoms with Gasteiger partial charge in [-0.15, -0.1) is 0 Å². The molecule has 1 fully saturated rings. The van der Waals surface area contributed by atoms with Gasteiger partial charge in [0, 0.05) is 24.7 Å². The van der Waals surface area contributed by atoms with Crippen molar-refractivity contribution in [1.82, 2.24) is 4.90 Å². The van der Waals surface area contributed by atoms with E-state index < -0.39 is 4.92 Å². The molecule has 0 spiro atoms. The molecule has 6 nitrogen and oxygen atoms in total. The van der Waals surface area contributed by atoms with Gasteiger partial charge < -0.3 is 5.11 Å². The molecule has 0 aromatic heterocycles. The van der Waals surface area contributed by atoms with E-state index in [0.29, 0.717) is 9.23 Å². The summed E-state index contributed by atoms with van der Waals surface area (Å²) in [5.41, 5.74) is 0.0548. The number of amides is 1. The fourth-order valence-electron chi connectivity index (χ4n) is 1.46. The Bertz CT molecular complexity index is 627. The minimum Gasteiger partial charge on any atom is -0.507 e. The summed E-state index contributed by atoms with van der Waals surface area (Å²) in [5.74, 6) is -0.423. The van der Waals surface area contributed by atoms with Gasteiger partial charge in [0.2, 0.25) is 0 Å². The molecule has 0 aliphatic carbocycles. The molecule has 19 heavy (non-hydrogen) atoms. The van der Waals surface area contributed by atoms with E-state index in [1.807, 2.05) is 0 Å². The minimum atomic E-state index is -0.568. The molecule has 0 radical (unpaired) electrons. The number of non-ortho nitro benzene ring substituents is 1. The molecule has 1 aliphatic rings. The van der Waals surface area contributed by atoms with Gasteiger partial charge in [-0.2, -0.15) is 0 Å². The van der Waals surface area contributed by atoms with Crippen LogP contribution in [0.4, 0.5) is 5.69 Å². The van der Waals surface area contributed by atoms with E-state index in [4.69, 9.17) is 12.2 Å². The number of nitro groups is 1. The van der Waals surface area contributed by atoms with Crippen LogP contribution in [0.2, 0.25) is 0 Å². The summed E-state index contributed by atoms with van der Waals surface area (Å²) in [5, 5.41) is 20.3. The fraction of sp³-hybridized carbons (Fsp3) is 0.0909. The molecule has 8 heteroatoms. The van der Waals surface area contributed by atoms with Crippen molar-refractivity contribution in [2.45, 2.75) is 0 Å². The van der Waals surface area contributed by atoms with Crippen LogP contribution in [0, 0.1) is 10.1 Å². The minimum absolute atomic E-state index is 0.132. The van der Waals surface area contributed by atoms with Crippen molar-refractivity contribution in [3.8, 4) is 5.75 Å². The zero-order chi connectivity index (χ0) is 14.2. The summed E-state index contributed by atoms with van der Waals surface area (Å²) >= 11 is 6.06. The maximum Gasteiger partial charge on any atom is 0.270 e. The second kappa shape index (κ2) is 4.98. The number of likely N-dealkylation sites (N-methyl/N-ethyl adjacent to an activating group) is 1. The Morgan fingerprint density at radius 3 is 2.74 bits per heavy atom. The molecule has 1 heterocycles. The number of carbonyl (C=O) groups excluding carboxylic acids is 1. The second-order valence-electron chi connectivity index (χ2n) is 3.74. The summed E-state index contributed by atoms with van der Waals surface area (Å²) in [6, 6.07) is 3.62. The second-order valence-corrected chi connectivity index (χ2v) is 5.42. The number of phenols is 1. The van der Waals surface area contributed by atoms with Crippen LogP contribution in [0.3, 0.4) is 0 Å². The molecule has 98 valence electrons. The standard InChI is InChI=1S/C11H8N2O4S2/c1-12-10(15)9(19-11(12)18)5-6-4-7(13(16)17)2-3-8(6)14/h2-5,14H,1H3/b9-5-. The van der Waals surface area contributed by atoms with E-state index in [1.165, 1.54) is 29.2 Å². The quantitative estimate of drug-likeness (QED) is 0.389. The third-order valence-electron chi connectivity index (χ3n) is 2.50. The van der Waals surface area contributed by atoms with Crippen molar-refractivity contribution < 1.29 is 14.8 Å². The molecule has 1 aliphatic heterocycles. The number of nitro benzene ring substituents is 1. The largest absolute Gasteiger partial charge is 0.507 e. The molecule has 0 bridgehead atoms. The number of aromatic hydroxyl groups is 1. The molecule has 1 amide bonds. The van der Waals surface area contributed by atoms with Gasteiger partial charge in [-0.05, 0) is 12.1 Å². The lowest BCUT2D eigenvalue weighted by Gasteiger charge is -2.03. The number of hydrogen-bond donors (Lipinski definition) is 1. The summed E-state index contributed by atoms with van der Waals surface area (Å²) in [6.45, 7) is 0. The fourth-order valence-corrected chi connectivity index (χ4v) is 2.63. The van der Waals surface area contributed by atoms with E-state index in [0.717, 1.165) is 11.8 Å². The first kappa shape index (κ1) is 13.5. The van der Waals surface area contributed by atoms with E-state index in [9.17, 15) is 20.0 Å². The van der Waals surface area contributed by atoms with Crippen LogP contribution < -0.4 is 0 Å². The predicted molar refractivity (Wildman–Crippen MR) is 75.7 cm³/mol. The Morgan fingerprint density at radius 2 is 2.21 bits per heavy atom. The molecular weight excluding hydrogens is 288 g/mol. The van der Waals surface area contributed by atoms with Crippen LogP contribution >= 0.6 is 24.0 Å². The summed E-state index contributed by atoms with van der Waals surface area (Å²) in [4.78, 5) is 23.5. The van der Waals surface area contributed by atoms with E-state index in [-0.39, 0.29) is 22.9 Å². The van der Waals surface area contributed by atoms with Gasteiger partial charge >= 0.3 is 0 Å². The Balaban J connectivity index is 2.43. The number of thioether (sulfide) groups is 1. The van der Waals surface area contributed by atoms with E-state index in [1.54, 1.807) is 7.05 Å². The van der Waals surface area contributed by atoms with Gasteiger partial charge in [0.15, 0.2) is 0 Å². The Morgan fingerprint density at radius 1 is 1.53 bits per heavy atom. The molecule has 2 rings (SSSR count). The Hall–Kier alpha value is -1.93. The zero-order valence-electron chi connectivity index (χ0n) is 9.69. The molecule has 1 aromatic carbocycles. The number of hydrogen-bond acceptors (Lipinski definition) is 6. The summed E-state index contributed by atoms with van der Waals surface area (Å²) in [7, 11) is 1.55. The van der Waals surface area contributed by atoms with Crippen molar-refractivity contribution in [3.05, 3.63) is 38.8 Å². The number of benzene rings is 1. The topological polar surface area (TPSA) is 83.7 Å². The highest BCUT2D eigenvalue weighted by molar-refractivity contribution is 8.26. The SMILES string of the molecule is CN1C(=O)/C(=C/c2cc([N+](=O)[O-])ccc2O)SC1=S. The van der Waals surface area contributed by atoms with Crippen LogP contribution in [-0.4, -0.2) is 32.2 Å². The van der Waals surface area contributed by atoms with Gasteiger partial charge in [-0.25, -0.2) is 0 Å². The molecule has 1 N–H and O–H groups in total. The molecular formula is C11H8N2O4S2. The molecule has 1 saturated heterocycles. The molecule has 1 aromatic rings. The van der Waals surface area contributed by atoms with Crippen molar-refractivity contribution in [2.24, 2.45) is 0 Å². The van der Waals surface area contributed by atoms with Crippen LogP contribution in [-0.2, 0) is 4.79 Å². The van der Waals surface area contributed by atoms with Gasteiger partial charge in [0.1, 0.15) is 10.1 Å². The summed E-state index contributed by atoms with van der Waals surface area (Å²) < 4.78 is 0.404. The number of carbonyl (C=O) groups is 1. The summed E-state index contributed by atoms with van der Waals surface area (Å²) in [6.07, 6.45) is 1.39. The van der Waals surface area contributed by atoms with E-state index >= 15 is 0 Å². The van der Waals surface area contributed by atoms with Crippen LogP contribution in [0.25, 0.3) is 6.08 Å². The smallest absolute Gasteiger partial charge is 0.270 e. The zero-order valence-corrected chi connectivity index (χ0v) is 11.3. The molecule has 0 atom stereocenters. The number of thiocarbonyl (C=S) groups is 1. The van der Waals surface area contributed by atoms with Crippen molar-refractivity contribution in [3.63, 3.8) is 0 Å². The number of phenolic OH excluding ortho intramolecular Hbond substituents is 1. The maximum absolute atomic E-state index is 11.8. The maximum atomic E-state index is 11.8. The number of rotatable bonds is 2. The third kappa shape index (κ3) is 2.59. The highest BCUT2D eigenvalue weighted by Crippen LogP contribution is 2.34. The van der Waals surface area contributed by atoms with Gasteiger partial charge in [-0.1, -0.05) is 24.0 Å². The average molecular weight is 296 g/mol. The lowest BCUT2D eigenvalue weighted by Crippen LogP contribution is -2.22. The first-order chi connectivity index (χ1) is 8.90. The molecule has 0 saturated carbocycles. The molecule has 0 unspecified atom stereocenters. The first-order valence-electron chi connectivity index (χ1n) is 5.09. The van der Waals surface area contributed by atoms with Crippen molar-refractivity contribution >= 4 is 46.0 Å². The lowest BCUT2D eigenvalue weighted by atomic mass is 10.1. The number of nitrogens with zero attached hydrogens (tertiary/aromatic N) is 2. The highest BCUT2D eigenvalue weighted by atomic mass is 32.2. The van der Waals surface area contributed by atoms with Gasteiger partial charge in [0.05, 0.1) is 9.83 Å². The Kier molecular flexibility index (Phi) is 3.54. The lowest BCUT2D eigenvalue weighted by molar-refractivity contribution is -0.384. The van der Waals surface area contributed by atoms with Gasteiger partial charge in [-0.3, -0.25) is 19.8 Å². The van der Waals surface area contributed by atoms with Crippen molar-refractivity contribution in [1.29, 1.82) is 0 Å².